The van der Waals surface area contributed by atoms with Crippen LogP contribution in [0.4, 0.5) is 5.82 Å². The number of aromatic nitrogens is 4. The highest BCUT2D eigenvalue weighted by atomic mass is 16.5. The molecule has 0 aliphatic carbocycles. The van der Waals surface area contributed by atoms with E-state index in [4.69, 9.17) is 4.74 Å². The van der Waals surface area contributed by atoms with Crippen LogP contribution >= 0.6 is 0 Å². The van der Waals surface area contributed by atoms with E-state index in [0.717, 1.165) is 11.4 Å². The molecule has 0 aliphatic heterocycles. The molecule has 0 saturated carbocycles. The molecule has 2 aromatic heterocycles. The van der Waals surface area contributed by atoms with Gasteiger partial charge >= 0.3 is 5.97 Å². The molecule has 152 valence electrons. The summed E-state index contributed by atoms with van der Waals surface area (Å²) in [5, 5.41) is 10.1. The Labute approximate surface area is 164 Å². The molecule has 0 saturated heterocycles. The van der Waals surface area contributed by atoms with E-state index in [0.29, 0.717) is 17.5 Å². The largest absolute Gasteiger partial charge is 0.468 e. The summed E-state index contributed by atoms with van der Waals surface area (Å²) in [7, 11) is 1.33. The molecule has 28 heavy (non-hydrogen) atoms. The lowest BCUT2D eigenvalue weighted by molar-refractivity contribution is -0.146. The number of rotatable bonds is 6. The third kappa shape index (κ3) is 5.35. The minimum Gasteiger partial charge on any atom is -0.468 e. The average molecular weight is 388 g/mol. The number of nitrogens with one attached hydrogen (secondary N) is 2. The lowest BCUT2D eigenvalue weighted by Gasteiger charge is -2.28. The van der Waals surface area contributed by atoms with Gasteiger partial charge in [-0.1, -0.05) is 20.8 Å². The highest BCUT2D eigenvalue weighted by Gasteiger charge is 2.32. The molecule has 0 bridgehead atoms. The summed E-state index contributed by atoms with van der Waals surface area (Å²) in [4.78, 5) is 33.2. The van der Waals surface area contributed by atoms with Crippen LogP contribution in [0.15, 0.2) is 12.1 Å². The zero-order valence-corrected chi connectivity index (χ0v) is 17.5. The number of hydrogen-bond donors (Lipinski definition) is 2. The van der Waals surface area contributed by atoms with E-state index in [2.05, 4.69) is 25.7 Å². The Hall–Kier alpha value is -2.81. The summed E-state index contributed by atoms with van der Waals surface area (Å²) in [6, 6.07) is 2.99. The second kappa shape index (κ2) is 8.47. The molecule has 0 aromatic carbocycles. The standard InChI is InChI=1S/C19H28N6O3/c1-11-8-12(2)22-18(21-11)25-14(9-13(3)24-25)23-15(26)10-20-16(17(27)28-7)19(4,5)6/h8-9,16,20H,10H2,1-7H3,(H,23,26)/t16-/m1/s1. The van der Waals surface area contributed by atoms with Gasteiger partial charge < -0.3 is 10.1 Å². The topological polar surface area (TPSA) is 111 Å². The Kier molecular flexibility index (Phi) is 6.50. The van der Waals surface area contributed by atoms with Crippen LogP contribution in [0.1, 0.15) is 37.9 Å². The van der Waals surface area contributed by atoms with Crippen molar-refractivity contribution in [3.8, 4) is 5.95 Å². The molecule has 0 aliphatic rings. The summed E-state index contributed by atoms with van der Waals surface area (Å²) in [5.74, 6) is 0.115. The third-order valence-corrected chi connectivity index (χ3v) is 4.03. The summed E-state index contributed by atoms with van der Waals surface area (Å²) in [5.41, 5.74) is 1.92. The predicted octanol–water partition coefficient (Wildman–Crippen LogP) is 1.70. The van der Waals surface area contributed by atoms with Crippen LogP contribution in [0.2, 0.25) is 0 Å². The van der Waals surface area contributed by atoms with E-state index >= 15 is 0 Å². The molecule has 0 radical (unpaired) electrons. The fourth-order valence-electron chi connectivity index (χ4n) is 2.79. The fraction of sp³-hybridized carbons (Fsp3) is 0.526. The first-order chi connectivity index (χ1) is 13.0. The molecule has 1 atom stereocenters. The van der Waals surface area contributed by atoms with E-state index in [1.165, 1.54) is 11.8 Å². The van der Waals surface area contributed by atoms with Gasteiger partial charge in [-0.05, 0) is 32.3 Å². The molecule has 0 spiro atoms. The second-order valence-electron chi connectivity index (χ2n) is 7.78. The Morgan fingerprint density at radius 3 is 2.25 bits per heavy atom. The molecule has 2 rings (SSSR count). The molecular weight excluding hydrogens is 360 g/mol. The van der Waals surface area contributed by atoms with Crippen LogP contribution in [0, 0.1) is 26.2 Å². The van der Waals surface area contributed by atoms with Gasteiger partial charge in [-0.25, -0.2) is 9.97 Å². The average Bonchev–Trinajstić information content (AvgIpc) is 2.92. The Bertz CT molecular complexity index is 849. The third-order valence-electron chi connectivity index (χ3n) is 4.03. The van der Waals surface area contributed by atoms with Gasteiger partial charge in [0, 0.05) is 17.5 Å². The van der Waals surface area contributed by atoms with Crippen molar-refractivity contribution < 1.29 is 14.3 Å². The Morgan fingerprint density at radius 1 is 1.11 bits per heavy atom. The molecule has 1 amide bonds. The second-order valence-corrected chi connectivity index (χ2v) is 7.78. The number of hydrogen-bond acceptors (Lipinski definition) is 7. The minimum atomic E-state index is -0.613. The Balaban J connectivity index is 2.15. The monoisotopic (exact) mass is 388 g/mol. The van der Waals surface area contributed by atoms with E-state index in [1.807, 2.05) is 47.6 Å². The summed E-state index contributed by atoms with van der Waals surface area (Å²) >= 11 is 0. The number of carbonyl (C=O) groups is 2. The Morgan fingerprint density at radius 2 is 1.71 bits per heavy atom. The normalized spacial score (nSPS) is 12.5. The lowest BCUT2D eigenvalue weighted by Crippen LogP contribution is -2.49. The van der Waals surface area contributed by atoms with Crippen molar-refractivity contribution in [1.29, 1.82) is 0 Å². The van der Waals surface area contributed by atoms with Gasteiger partial charge in [0.05, 0.1) is 19.3 Å². The number of nitrogens with zero attached hydrogens (tertiary/aromatic N) is 4. The molecule has 0 unspecified atom stereocenters. The fourth-order valence-corrected chi connectivity index (χ4v) is 2.79. The van der Waals surface area contributed by atoms with Crippen LogP contribution in [0.3, 0.4) is 0 Å². The quantitative estimate of drug-likeness (QED) is 0.725. The van der Waals surface area contributed by atoms with E-state index < -0.39 is 17.4 Å². The highest BCUT2D eigenvalue weighted by Crippen LogP contribution is 2.20. The molecule has 2 heterocycles. The lowest BCUT2D eigenvalue weighted by atomic mass is 9.87. The zero-order valence-electron chi connectivity index (χ0n) is 17.5. The maximum Gasteiger partial charge on any atom is 0.323 e. The maximum absolute atomic E-state index is 12.5. The first kappa shape index (κ1) is 21.5. The number of aryl methyl sites for hydroxylation is 3. The van der Waals surface area contributed by atoms with Gasteiger partial charge in [0.15, 0.2) is 0 Å². The molecule has 2 N–H and O–H groups in total. The van der Waals surface area contributed by atoms with Crippen LogP contribution in [0.5, 0.6) is 0 Å². The van der Waals surface area contributed by atoms with Crippen molar-refractivity contribution in [3.63, 3.8) is 0 Å². The van der Waals surface area contributed by atoms with Crippen LogP contribution in [0.25, 0.3) is 5.95 Å². The minimum absolute atomic E-state index is 0.0605. The SMILES string of the molecule is COC(=O)[C@@H](NCC(=O)Nc1cc(C)nn1-c1nc(C)cc(C)n1)C(C)(C)C. The van der Waals surface area contributed by atoms with Crippen molar-refractivity contribution in [2.75, 3.05) is 19.0 Å². The van der Waals surface area contributed by atoms with Crippen molar-refractivity contribution in [3.05, 3.63) is 29.2 Å². The van der Waals surface area contributed by atoms with Gasteiger partial charge in [-0.2, -0.15) is 9.78 Å². The summed E-state index contributed by atoms with van der Waals surface area (Å²) in [6.45, 7) is 11.2. The predicted molar refractivity (Wildman–Crippen MR) is 105 cm³/mol. The molecular formula is C19H28N6O3. The first-order valence-corrected chi connectivity index (χ1v) is 9.01. The smallest absolute Gasteiger partial charge is 0.323 e. The number of anilines is 1. The summed E-state index contributed by atoms with van der Waals surface area (Å²) in [6.07, 6.45) is 0. The van der Waals surface area contributed by atoms with E-state index in [1.54, 1.807) is 6.07 Å². The van der Waals surface area contributed by atoms with E-state index in [9.17, 15) is 9.59 Å². The number of esters is 1. The van der Waals surface area contributed by atoms with Gasteiger partial charge in [0.1, 0.15) is 11.9 Å². The van der Waals surface area contributed by atoms with Crippen molar-refractivity contribution >= 4 is 17.7 Å². The first-order valence-electron chi connectivity index (χ1n) is 9.01. The highest BCUT2D eigenvalue weighted by molar-refractivity contribution is 5.92. The van der Waals surface area contributed by atoms with Gasteiger partial charge in [-0.15, -0.1) is 0 Å². The van der Waals surface area contributed by atoms with Gasteiger partial charge in [-0.3, -0.25) is 14.9 Å². The van der Waals surface area contributed by atoms with Gasteiger partial charge in [0.2, 0.25) is 5.91 Å². The molecule has 2 aromatic rings. The zero-order chi connectivity index (χ0) is 21.1. The number of amides is 1. The van der Waals surface area contributed by atoms with Crippen LogP contribution in [-0.4, -0.2) is 51.3 Å². The number of carbonyl (C=O) groups excluding carboxylic acids is 2. The van der Waals surface area contributed by atoms with Crippen molar-refractivity contribution in [1.82, 2.24) is 25.1 Å². The molecule has 9 heteroatoms. The van der Waals surface area contributed by atoms with Gasteiger partial charge in [0.25, 0.3) is 5.95 Å². The van der Waals surface area contributed by atoms with E-state index in [-0.39, 0.29) is 12.5 Å². The number of methoxy groups -OCH3 is 1. The number of ether oxygens (including phenoxy) is 1. The van der Waals surface area contributed by atoms with Crippen molar-refractivity contribution in [2.24, 2.45) is 5.41 Å². The molecule has 9 nitrogen and oxygen atoms in total. The van der Waals surface area contributed by atoms with Crippen molar-refractivity contribution in [2.45, 2.75) is 47.6 Å². The molecule has 0 fully saturated rings. The summed E-state index contributed by atoms with van der Waals surface area (Å²) < 4.78 is 6.32. The van der Waals surface area contributed by atoms with Crippen LogP contribution in [-0.2, 0) is 14.3 Å². The van der Waals surface area contributed by atoms with Crippen LogP contribution < -0.4 is 10.6 Å². The maximum atomic E-state index is 12.5.